The molecule has 1 saturated heterocycles. The van der Waals surface area contributed by atoms with Crippen LogP contribution < -0.4 is 5.32 Å². The summed E-state index contributed by atoms with van der Waals surface area (Å²) in [5.41, 5.74) is -0.992. The van der Waals surface area contributed by atoms with Gasteiger partial charge in [0.1, 0.15) is 5.67 Å². The molecule has 1 N–H and O–H groups in total. The van der Waals surface area contributed by atoms with E-state index in [1.54, 1.807) is 11.3 Å². The lowest BCUT2D eigenvalue weighted by Gasteiger charge is -2.22. The molecule has 0 bridgehead atoms. The third-order valence-electron chi connectivity index (χ3n) is 2.85. The van der Waals surface area contributed by atoms with Gasteiger partial charge in [-0.25, -0.2) is 4.39 Å². The summed E-state index contributed by atoms with van der Waals surface area (Å²) in [6.07, 6.45) is 2.85. The van der Waals surface area contributed by atoms with Crippen LogP contribution in [-0.2, 0) is 6.42 Å². The molecule has 1 unspecified atom stereocenters. The van der Waals surface area contributed by atoms with Crippen molar-refractivity contribution >= 4 is 27.3 Å². The van der Waals surface area contributed by atoms with Crippen molar-refractivity contribution in [1.29, 1.82) is 0 Å². The highest BCUT2D eigenvalue weighted by molar-refractivity contribution is 9.11. The maximum absolute atomic E-state index is 14.5. The summed E-state index contributed by atoms with van der Waals surface area (Å²) >= 11 is 5.06. The van der Waals surface area contributed by atoms with Gasteiger partial charge in [0.15, 0.2) is 0 Å². The fourth-order valence-corrected chi connectivity index (χ4v) is 3.64. The van der Waals surface area contributed by atoms with E-state index in [1.807, 2.05) is 12.1 Å². The summed E-state index contributed by atoms with van der Waals surface area (Å²) in [7, 11) is 0. The predicted octanol–water partition coefficient (Wildman–Crippen LogP) is 3.53. The first-order chi connectivity index (χ1) is 7.18. The Hall–Kier alpha value is 0.0700. The van der Waals surface area contributed by atoms with E-state index in [-0.39, 0.29) is 0 Å². The Balaban J connectivity index is 2.02. The second kappa shape index (κ2) is 4.93. The minimum Gasteiger partial charge on any atom is -0.317 e. The maximum atomic E-state index is 14.5. The molecule has 1 nitrogen and oxygen atoms in total. The molecule has 1 atom stereocenters. The lowest BCUT2D eigenvalue weighted by molar-refractivity contribution is 0.145. The van der Waals surface area contributed by atoms with Gasteiger partial charge in [0.25, 0.3) is 0 Å². The van der Waals surface area contributed by atoms with Gasteiger partial charge in [-0.2, -0.15) is 0 Å². The van der Waals surface area contributed by atoms with Crippen molar-refractivity contribution in [1.82, 2.24) is 5.32 Å². The van der Waals surface area contributed by atoms with Crippen LogP contribution in [0.3, 0.4) is 0 Å². The first-order valence-electron chi connectivity index (χ1n) is 5.32. The number of alkyl halides is 1. The lowest BCUT2D eigenvalue weighted by Crippen LogP contribution is -2.27. The fourth-order valence-electron chi connectivity index (χ4n) is 2.03. The van der Waals surface area contributed by atoms with Gasteiger partial charge >= 0.3 is 0 Å². The first-order valence-corrected chi connectivity index (χ1v) is 6.93. The SMILES string of the molecule is FC1(Cc2ccc(Br)s2)CCCNCC1. The van der Waals surface area contributed by atoms with Gasteiger partial charge in [-0.05, 0) is 60.4 Å². The zero-order valence-corrected chi connectivity index (χ0v) is 11.0. The molecule has 0 aromatic carbocycles. The van der Waals surface area contributed by atoms with Gasteiger partial charge in [0, 0.05) is 11.3 Å². The van der Waals surface area contributed by atoms with Crippen LogP contribution in [0.15, 0.2) is 15.9 Å². The Kier molecular flexibility index (Phi) is 3.80. The third-order valence-corrected chi connectivity index (χ3v) is 4.47. The average molecular weight is 292 g/mol. The Labute approximate surface area is 102 Å². The molecular formula is C11H15BrFNS. The van der Waals surface area contributed by atoms with Crippen molar-refractivity contribution in [2.24, 2.45) is 0 Å². The van der Waals surface area contributed by atoms with E-state index in [0.29, 0.717) is 19.3 Å². The molecule has 2 rings (SSSR count). The van der Waals surface area contributed by atoms with Gasteiger partial charge in [-0.1, -0.05) is 0 Å². The summed E-state index contributed by atoms with van der Waals surface area (Å²) in [6, 6.07) is 4.02. The Morgan fingerprint density at radius 2 is 2.27 bits per heavy atom. The van der Waals surface area contributed by atoms with Crippen LogP contribution >= 0.6 is 27.3 Å². The van der Waals surface area contributed by atoms with Crippen LogP contribution in [0.5, 0.6) is 0 Å². The molecule has 0 amide bonds. The highest BCUT2D eigenvalue weighted by atomic mass is 79.9. The van der Waals surface area contributed by atoms with Gasteiger partial charge in [0.2, 0.25) is 0 Å². The zero-order valence-electron chi connectivity index (χ0n) is 8.56. The minimum atomic E-state index is -0.992. The Bertz CT molecular complexity index is 318. The zero-order chi connectivity index (χ0) is 10.7. The molecule has 1 aromatic rings. The molecule has 1 aliphatic heterocycles. The number of nitrogens with one attached hydrogen (secondary N) is 1. The summed E-state index contributed by atoms with van der Waals surface area (Å²) in [4.78, 5) is 1.14. The summed E-state index contributed by atoms with van der Waals surface area (Å²) < 4.78 is 15.6. The van der Waals surface area contributed by atoms with Crippen molar-refractivity contribution in [3.05, 3.63) is 20.8 Å². The van der Waals surface area contributed by atoms with Crippen LogP contribution in [0.4, 0.5) is 4.39 Å². The van der Waals surface area contributed by atoms with Crippen LogP contribution in [0.1, 0.15) is 24.1 Å². The molecule has 0 spiro atoms. The molecule has 2 heterocycles. The van der Waals surface area contributed by atoms with Crippen molar-refractivity contribution in [3.8, 4) is 0 Å². The highest BCUT2D eigenvalue weighted by Gasteiger charge is 2.31. The van der Waals surface area contributed by atoms with Gasteiger partial charge in [-0.15, -0.1) is 11.3 Å². The Morgan fingerprint density at radius 1 is 1.40 bits per heavy atom. The summed E-state index contributed by atoms with van der Waals surface area (Å²) in [6.45, 7) is 1.77. The molecule has 0 radical (unpaired) electrons. The van der Waals surface area contributed by atoms with E-state index in [4.69, 9.17) is 0 Å². The second-order valence-corrected chi connectivity index (χ2v) is 6.68. The lowest BCUT2D eigenvalue weighted by atomic mass is 9.92. The van der Waals surface area contributed by atoms with Crippen molar-refractivity contribution < 1.29 is 4.39 Å². The van der Waals surface area contributed by atoms with Crippen molar-refractivity contribution in [2.45, 2.75) is 31.4 Å². The van der Waals surface area contributed by atoms with Crippen LogP contribution in [-0.4, -0.2) is 18.8 Å². The molecular weight excluding hydrogens is 277 g/mol. The average Bonchev–Trinajstić information content (AvgIpc) is 2.46. The molecule has 84 valence electrons. The quantitative estimate of drug-likeness (QED) is 0.879. The van der Waals surface area contributed by atoms with Crippen LogP contribution in [0.25, 0.3) is 0 Å². The van der Waals surface area contributed by atoms with E-state index >= 15 is 0 Å². The number of halogens is 2. The van der Waals surface area contributed by atoms with Crippen molar-refractivity contribution in [2.75, 3.05) is 13.1 Å². The van der Waals surface area contributed by atoms with E-state index in [1.165, 1.54) is 0 Å². The molecule has 0 saturated carbocycles. The minimum absolute atomic E-state index is 0.574. The molecule has 1 aliphatic rings. The monoisotopic (exact) mass is 291 g/mol. The normalized spacial score (nSPS) is 27.6. The fraction of sp³-hybridized carbons (Fsp3) is 0.636. The Morgan fingerprint density at radius 3 is 3.00 bits per heavy atom. The van der Waals surface area contributed by atoms with E-state index < -0.39 is 5.67 Å². The smallest absolute Gasteiger partial charge is 0.117 e. The number of thiophene rings is 1. The number of hydrogen-bond acceptors (Lipinski definition) is 2. The van der Waals surface area contributed by atoms with Crippen LogP contribution in [0.2, 0.25) is 0 Å². The van der Waals surface area contributed by atoms with E-state index in [9.17, 15) is 4.39 Å². The first kappa shape index (κ1) is 11.6. The standard InChI is InChI=1S/C11H15BrFNS/c12-10-3-2-9(15-10)8-11(13)4-1-6-14-7-5-11/h2-3,14H,1,4-8H2. The summed E-state index contributed by atoms with van der Waals surface area (Å²) in [5, 5.41) is 3.25. The molecule has 15 heavy (non-hydrogen) atoms. The van der Waals surface area contributed by atoms with Crippen LogP contribution in [0, 0.1) is 0 Å². The molecule has 4 heteroatoms. The van der Waals surface area contributed by atoms with Gasteiger partial charge < -0.3 is 5.32 Å². The van der Waals surface area contributed by atoms with E-state index in [0.717, 1.165) is 28.2 Å². The number of hydrogen-bond donors (Lipinski definition) is 1. The maximum Gasteiger partial charge on any atom is 0.117 e. The predicted molar refractivity (Wildman–Crippen MR) is 66.3 cm³/mol. The van der Waals surface area contributed by atoms with Gasteiger partial charge in [0.05, 0.1) is 3.79 Å². The second-order valence-electron chi connectivity index (χ2n) is 4.14. The molecule has 1 aromatic heterocycles. The van der Waals surface area contributed by atoms with Crippen molar-refractivity contribution in [3.63, 3.8) is 0 Å². The van der Waals surface area contributed by atoms with E-state index in [2.05, 4.69) is 21.2 Å². The third kappa shape index (κ3) is 3.26. The number of rotatable bonds is 2. The highest BCUT2D eigenvalue weighted by Crippen LogP contribution is 2.32. The van der Waals surface area contributed by atoms with Gasteiger partial charge in [-0.3, -0.25) is 0 Å². The summed E-state index contributed by atoms with van der Waals surface area (Å²) in [5.74, 6) is 0. The molecule has 1 fully saturated rings. The molecule has 0 aliphatic carbocycles. The largest absolute Gasteiger partial charge is 0.317 e. The topological polar surface area (TPSA) is 12.0 Å².